The first-order valence-electron chi connectivity index (χ1n) is 7.05. The summed E-state index contributed by atoms with van der Waals surface area (Å²) in [7, 11) is 0. The lowest BCUT2D eigenvalue weighted by atomic mass is 9.84. The molecule has 0 bridgehead atoms. The van der Waals surface area contributed by atoms with E-state index in [0.717, 1.165) is 19.0 Å². The highest BCUT2D eigenvalue weighted by Gasteiger charge is 2.18. The van der Waals surface area contributed by atoms with Gasteiger partial charge in [-0.25, -0.2) is 4.98 Å². The Balaban J connectivity index is 1.57. The minimum atomic E-state index is 0.693. The van der Waals surface area contributed by atoms with Crippen LogP contribution in [0, 0.1) is 5.92 Å². The minimum absolute atomic E-state index is 0.693. The van der Waals surface area contributed by atoms with Gasteiger partial charge in [0.25, 0.3) is 0 Å². The van der Waals surface area contributed by atoms with Crippen molar-refractivity contribution in [1.82, 2.24) is 14.9 Å². The van der Waals surface area contributed by atoms with E-state index in [0.29, 0.717) is 6.04 Å². The SMILES string of the molecule is C[C@H](NCCCn1ccnc1)C1CCCCC1. The average molecular weight is 235 g/mol. The molecule has 0 spiro atoms. The number of rotatable bonds is 6. The number of aromatic nitrogens is 2. The van der Waals surface area contributed by atoms with Gasteiger partial charge < -0.3 is 9.88 Å². The lowest BCUT2D eigenvalue weighted by Crippen LogP contribution is -2.35. The molecule has 96 valence electrons. The first-order chi connectivity index (χ1) is 8.36. The fourth-order valence-electron chi connectivity index (χ4n) is 2.81. The summed E-state index contributed by atoms with van der Waals surface area (Å²) in [6.45, 7) is 4.55. The van der Waals surface area contributed by atoms with Gasteiger partial charge in [-0.1, -0.05) is 19.3 Å². The van der Waals surface area contributed by atoms with Gasteiger partial charge in [0.2, 0.25) is 0 Å². The highest BCUT2D eigenvalue weighted by atomic mass is 15.0. The molecular formula is C14H25N3. The molecule has 0 saturated heterocycles. The molecule has 3 nitrogen and oxygen atoms in total. The van der Waals surface area contributed by atoms with Crippen LogP contribution in [-0.2, 0) is 6.54 Å². The number of hydrogen-bond acceptors (Lipinski definition) is 2. The molecule has 1 aliphatic rings. The summed E-state index contributed by atoms with van der Waals surface area (Å²) in [5.41, 5.74) is 0. The van der Waals surface area contributed by atoms with Crippen LogP contribution in [0.5, 0.6) is 0 Å². The molecule has 1 atom stereocenters. The highest BCUT2D eigenvalue weighted by Crippen LogP contribution is 2.26. The summed E-state index contributed by atoms with van der Waals surface area (Å²) in [5.74, 6) is 0.914. The highest BCUT2D eigenvalue weighted by molar-refractivity contribution is 4.77. The fourth-order valence-corrected chi connectivity index (χ4v) is 2.81. The summed E-state index contributed by atoms with van der Waals surface area (Å²) in [6.07, 6.45) is 14.1. The van der Waals surface area contributed by atoms with Crippen molar-refractivity contribution in [2.45, 2.75) is 58.0 Å². The molecule has 0 aromatic carbocycles. The van der Waals surface area contributed by atoms with Crippen LogP contribution in [-0.4, -0.2) is 22.1 Å². The first kappa shape index (κ1) is 12.6. The maximum Gasteiger partial charge on any atom is 0.0945 e. The zero-order chi connectivity index (χ0) is 11.9. The van der Waals surface area contributed by atoms with Crippen molar-refractivity contribution in [3.05, 3.63) is 18.7 Å². The summed E-state index contributed by atoms with van der Waals surface area (Å²) >= 11 is 0. The molecule has 1 aromatic heterocycles. The largest absolute Gasteiger partial charge is 0.337 e. The van der Waals surface area contributed by atoms with Gasteiger partial charge >= 0.3 is 0 Å². The van der Waals surface area contributed by atoms with Crippen LogP contribution in [0.3, 0.4) is 0 Å². The molecule has 1 saturated carbocycles. The molecule has 0 radical (unpaired) electrons. The Labute approximate surface area is 105 Å². The van der Waals surface area contributed by atoms with E-state index in [-0.39, 0.29) is 0 Å². The Bertz CT molecular complexity index is 288. The Hall–Kier alpha value is -0.830. The first-order valence-corrected chi connectivity index (χ1v) is 7.05. The van der Waals surface area contributed by atoms with E-state index in [1.54, 1.807) is 0 Å². The molecule has 0 unspecified atom stereocenters. The van der Waals surface area contributed by atoms with Crippen molar-refractivity contribution >= 4 is 0 Å². The maximum absolute atomic E-state index is 4.05. The summed E-state index contributed by atoms with van der Waals surface area (Å²) < 4.78 is 2.15. The number of nitrogens with one attached hydrogen (secondary N) is 1. The molecule has 0 aliphatic heterocycles. The standard InChI is InChI=1S/C14H25N3/c1-13(14-6-3-2-4-7-14)16-8-5-10-17-11-9-15-12-17/h9,11-14,16H,2-8,10H2,1H3/t13-/m0/s1. The number of imidazole rings is 1. The quantitative estimate of drug-likeness (QED) is 0.768. The molecule has 1 aromatic rings. The fraction of sp³-hybridized carbons (Fsp3) is 0.786. The van der Waals surface area contributed by atoms with Gasteiger partial charge in [-0.3, -0.25) is 0 Å². The van der Waals surface area contributed by atoms with Crippen LogP contribution in [0.25, 0.3) is 0 Å². The third-order valence-electron chi connectivity index (χ3n) is 3.98. The van der Waals surface area contributed by atoms with Gasteiger partial charge in [0, 0.05) is 25.0 Å². The van der Waals surface area contributed by atoms with Crippen LogP contribution in [0.15, 0.2) is 18.7 Å². The molecule has 1 N–H and O–H groups in total. The number of hydrogen-bond donors (Lipinski definition) is 1. The Morgan fingerprint density at radius 3 is 2.88 bits per heavy atom. The molecule has 1 heterocycles. The second-order valence-corrected chi connectivity index (χ2v) is 5.29. The van der Waals surface area contributed by atoms with Gasteiger partial charge in [0.15, 0.2) is 0 Å². The van der Waals surface area contributed by atoms with Crippen molar-refractivity contribution in [3.63, 3.8) is 0 Å². The molecule has 2 rings (SSSR count). The van der Waals surface area contributed by atoms with Crippen LogP contribution in [0.1, 0.15) is 45.4 Å². The van der Waals surface area contributed by atoms with Crippen molar-refractivity contribution in [1.29, 1.82) is 0 Å². The Morgan fingerprint density at radius 1 is 1.35 bits per heavy atom. The van der Waals surface area contributed by atoms with E-state index >= 15 is 0 Å². The zero-order valence-electron chi connectivity index (χ0n) is 10.9. The summed E-state index contributed by atoms with van der Waals surface area (Å²) in [4.78, 5) is 4.05. The van der Waals surface area contributed by atoms with Crippen molar-refractivity contribution in [2.24, 2.45) is 5.92 Å². The van der Waals surface area contributed by atoms with Gasteiger partial charge in [-0.2, -0.15) is 0 Å². The lowest BCUT2D eigenvalue weighted by molar-refractivity contribution is 0.280. The van der Waals surface area contributed by atoms with E-state index in [1.807, 2.05) is 18.7 Å². The molecule has 1 fully saturated rings. The van der Waals surface area contributed by atoms with E-state index in [2.05, 4.69) is 21.8 Å². The number of aryl methyl sites for hydroxylation is 1. The molecule has 0 amide bonds. The molecule has 1 aliphatic carbocycles. The van der Waals surface area contributed by atoms with Crippen molar-refractivity contribution < 1.29 is 0 Å². The second-order valence-electron chi connectivity index (χ2n) is 5.29. The van der Waals surface area contributed by atoms with E-state index in [9.17, 15) is 0 Å². The van der Waals surface area contributed by atoms with Crippen LogP contribution in [0.4, 0.5) is 0 Å². The van der Waals surface area contributed by atoms with E-state index in [1.165, 1.54) is 38.5 Å². The summed E-state index contributed by atoms with van der Waals surface area (Å²) in [6, 6.07) is 0.693. The van der Waals surface area contributed by atoms with Crippen molar-refractivity contribution in [2.75, 3.05) is 6.54 Å². The van der Waals surface area contributed by atoms with Gasteiger partial charge in [-0.15, -0.1) is 0 Å². The predicted molar refractivity (Wildman–Crippen MR) is 70.9 cm³/mol. The van der Waals surface area contributed by atoms with Crippen LogP contribution >= 0.6 is 0 Å². The monoisotopic (exact) mass is 235 g/mol. The minimum Gasteiger partial charge on any atom is -0.337 e. The van der Waals surface area contributed by atoms with E-state index in [4.69, 9.17) is 0 Å². The van der Waals surface area contributed by atoms with Gasteiger partial charge in [0.05, 0.1) is 6.33 Å². The number of nitrogens with zero attached hydrogens (tertiary/aromatic N) is 2. The lowest BCUT2D eigenvalue weighted by Gasteiger charge is -2.28. The normalized spacial score (nSPS) is 19.4. The zero-order valence-corrected chi connectivity index (χ0v) is 10.9. The molecular weight excluding hydrogens is 210 g/mol. The average Bonchev–Trinajstić information content (AvgIpc) is 2.88. The maximum atomic E-state index is 4.05. The third kappa shape index (κ3) is 4.15. The van der Waals surface area contributed by atoms with Crippen molar-refractivity contribution in [3.8, 4) is 0 Å². The third-order valence-corrected chi connectivity index (χ3v) is 3.98. The Kier molecular flexibility index (Phi) is 5.05. The smallest absolute Gasteiger partial charge is 0.0945 e. The summed E-state index contributed by atoms with van der Waals surface area (Å²) in [5, 5.41) is 3.68. The van der Waals surface area contributed by atoms with Crippen LogP contribution < -0.4 is 5.32 Å². The second kappa shape index (κ2) is 6.80. The Morgan fingerprint density at radius 2 is 2.18 bits per heavy atom. The molecule has 17 heavy (non-hydrogen) atoms. The molecule has 3 heteroatoms. The topological polar surface area (TPSA) is 29.9 Å². The van der Waals surface area contributed by atoms with E-state index < -0.39 is 0 Å². The van der Waals surface area contributed by atoms with Gasteiger partial charge in [-0.05, 0) is 38.6 Å². The van der Waals surface area contributed by atoms with Gasteiger partial charge in [0.1, 0.15) is 0 Å². The predicted octanol–water partition coefficient (Wildman–Crippen LogP) is 2.83. The van der Waals surface area contributed by atoms with Crippen LogP contribution in [0.2, 0.25) is 0 Å².